The highest BCUT2D eigenvalue weighted by Gasteiger charge is 2.23. The predicted octanol–water partition coefficient (Wildman–Crippen LogP) is 10.8. The Morgan fingerprint density at radius 1 is 0.274 bits per heavy atom. The minimum Gasteiger partial charge on any atom is -0.496 e. The quantitative estimate of drug-likeness (QED) is 0.0826. The van der Waals surface area contributed by atoms with E-state index in [1.807, 2.05) is 30.3 Å². The van der Waals surface area contributed by atoms with Crippen LogP contribution in [0.2, 0.25) is 0 Å². The zero-order valence-corrected chi connectivity index (χ0v) is 38.3. The molecule has 10 bridgehead atoms. The van der Waals surface area contributed by atoms with Crippen molar-refractivity contribution in [1.82, 2.24) is 0 Å². The molecular weight excluding hydrogens is 785 g/mol. The zero-order valence-electron chi connectivity index (χ0n) is 38.3. The van der Waals surface area contributed by atoms with E-state index in [1.165, 1.54) is 25.7 Å². The molecule has 10 aliphatic carbocycles. The lowest BCUT2D eigenvalue weighted by Gasteiger charge is -2.20. The Labute approximate surface area is 368 Å². The van der Waals surface area contributed by atoms with Crippen molar-refractivity contribution >= 4 is 0 Å². The summed E-state index contributed by atoms with van der Waals surface area (Å²) in [6.45, 7) is 2.85. The van der Waals surface area contributed by atoms with Gasteiger partial charge in [0.15, 0.2) is 0 Å². The summed E-state index contributed by atoms with van der Waals surface area (Å²) in [4.78, 5) is 0. The molecule has 10 heteroatoms. The molecule has 0 saturated heterocycles. The van der Waals surface area contributed by atoms with Crippen molar-refractivity contribution < 1.29 is 47.4 Å². The first kappa shape index (κ1) is 45.6. The molecule has 0 spiro atoms. The molecule has 0 fully saturated rings. The van der Waals surface area contributed by atoms with Crippen LogP contribution >= 0.6 is 0 Å². The molecule has 5 aromatic rings. The van der Waals surface area contributed by atoms with E-state index in [0.717, 1.165) is 126 Å². The summed E-state index contributed by atoms with van der Waals surface area (Å²) in [5, 5.41) is 0. The Morgan fingerprint density at radius 3 is 0.694 bits per heavy atom. The minimum atomic E-state index is 0.505. The lowest BCUT2D eigenvalue weighted by atomic mass is 9.94. The van der Waals surface area contributed by atoms with Crippen LogP contribution in [0.5, 0.6) is 57.5 Å². The maximum absolute atomic E-state index is 6.68. The fourth-order valence-electron chi connectivity index (χ4n) is 8.54. The summed E-state index contributed by atoms with van der Waals surface area (Å²) in [7, 11) is 15.2. The van der Waals surface area contributed by atoms with Gasteiger partial charge in [-0.25, -0.2) is 0 Å². The first-order chi connectivity index (χ1) is 30.2. The van der Waals surface area contributed by atoms with Crippen LogP contribution in [-0.2, 0) is 32.1 Å². The SMILES string of the molecule is CCCCCCCCOc1cc2c(OC)cc1Cc1cc(OC)c(cc1OC)Cc1cc(OC)c(cc1OC)Cc1cc(OC)c(cc1OC)Cc1cc(OC)c(cc1OC)C2. The third-order valence-electron chi connectivity index (χ3n) is 11.9. The van der Waals surface area contributed by atoms with Crippen LogP contribution in [0.15, 0.2) is 60.7 Å². The molecule has 5 aromatic carbocycles. The van der Waals surface area contributed by atoms with E-state index >= 15 is 0 Å². The third-order valence-corrected chi connectivity index (χ3v) is 11.9. The number of unbranched alkanes of at least 4 members (excludes halogenated alkanes) is 5. The summed E-state index contributed by atoms with van der Waals surface area (Å²) < 4.78 is 61.3. The van der Waals surface area contributed by atoms with E-state index < -0.39 is 0 Å². The van der Waals surface area contributed by atoms with Gasteiger partial charge >= 0.3 is 0 Å². The van der Waals surface area contributed by atoms with Crippen LogP contribution in [0.3, 0.4) is 0 Å². The molecule has 0 aromatic heterocycles. The van der Waals surface area contributed by atoms with Gasteiger partial charge in [0.05, 0.1) is 70.6 Å². The largest absolute Gasteiger partial charge is 0.496 e. The van der Waals surface area contributed by atoms with Crippen molar-refractivity contribution in [2.24, 2.45) is 0 Å². The highest BCUT2D eigenvalue weighted by atomic mass is 16.5. The smallest absolute Gasteiger partial charge is 0.123 e. The van der Waals surface area contributed by atoms with Gasteiger partial charge in [0.2, 0.25) is 0 Å². The van der Waals surface area contributed by atoms with Crippen molar-refractivity contribution in [3.63, 3.8) is 0 Å². The summed E-state index contributed by atoms with van der Waals surface area (Å²) in [6, 6.07) is 20.6. The zero-order chi connectivity index (χ0) is 44.2. The van der Waals surface area contributed by atoms with Gasteiger partial charge in [-0.1, -0.05) is 39.0 Å². The van der Waals surface area contributed by atoms with Crippen molar-refractivity contribution in [3.05, 3.63) is 116 Å². The van der Waals surface area contributed by atoms with E-state index in [1.54, 1.807) is 64.0 Å². The minimum absolute atomic E-state index is 0.505. The van der Waals surface area contributed by atoms with Crippen LogP contribution in [0, 0.1) is 0 Å². The Morgan fingerprint density at radius 2 is 0.468 bits per heavy atom. The summed E-state index contributed by atoms with van der Waals surface area (Å²) in [5.41, 5.74) is 9.47. The molecule has 10 nitrogen and oxygen atoms in total. The molecule has 0 aliphatic heterocycles. The second-order valence-electron chi connectivity index (χ2n) is 15.7. The molecule has 15 rings (SSSR count). The maximum Gasteiger partial charge on any atom is 0.123 e. The van der Waals surface area contributed by atoms with Crippen molar-refractivity contribution in [1.29, 1.82) is 0 Å². The topological polar surface area (TPSA) is 92.3 Å². The summed E-state index contributed by atoms with van der Waals surface area (Å²) in [5.74, 6) is 7.37. The first-order valence-corrected chi connectivity index (χ1v) is 21.5. The average molecular weight is 849 g/mol. The van der Waals surface area contributed by atoms with E-state index in [-0.39, 0.29) is 0 Å². The van der Waals surface area contributed by atoms with Gasteiger partial charge in [-0.2, -0.15) is 0 Å². The van der Waals surface area contributed by atoms with Gasteiger partial charge in [0.1, 0.15) is 57.5 Å². The van der Waals surface area contributed by atoms with Gasteiger partial charge in [-0.15, -0.1) is 0 Å². The van der Waals surface area contributed by atoms with E-state index in [4.69, 9.17) is 47.4 Å². The number of ether oxygens (including phenoxy) is 10. The van der Waals surface area contributed by atoms with E-state index in [0.29, 0.717) is 38.7 Å². The second kappa shape index (κ2) is 21.8. The van der Waals surface area contributed by atoms with Gasteiger partial charge in [0.25, 0.3) is 0 Å². The van der Waals surface area contributed by atoms with Crippen molar-refractivity contribution in [2.45, 2.75) is 77.6 Å². The summed E-state index contributed by atoms with van der Waals surface area (Å²) >= 11 is 0. The highest BCUT2D eigenvalue weighted by Crippen LogP contribution is 2.42. The number of benzene rings is 5. The summed E-state index contributed by atoms with van der Waals surface area (Å²) in [6.07, 6.45) is 9.57. The van der Waals surface area contributed by atoms with Gasteiger partial charge in [-0.3, -0.25) is 0 Å². The second-order valence-corrected chi connectivity index (χ2v) is 15.7. The lowest BCUT2D eigenvalue weighted by molar-refractivity contribution is 0.300. The number of rotatable bonds is 17. The van der Waals surface area contributed by atoms with E-state index in [9.17, 15) is 0 Å². The molecule has 0 unspecified atom stereocenters. The van der Waals surface area contributed by atoms with E-state index in [2.05, 4.69) is 37.3 Å². The molecule has 0 heterocycles. The Balaban J connectivity index is 1.55. The highest BCUT2D eigenvalue weighted by molar-refractivity contribution is 5.59. The van der Waals surface area contributed by atoms with Crippen molar-refractivity contribution in [3.8, 4) is 57.5 Å². The van der Waals surface area contributed by atoms with Gasteiger partial charge in [-0.05, 0) is 67.1 Å². The van der Waals surface area contributed by atoms with Gasteiger partial charge in [0, 0.05) is 87.7 Å². The predicted molar refractivity (Wildman–Crippen MR) is 244 cm³/mol. The normalized spacial score (nSPS) is 12.2. The molecule has 332 valence electrons. The van der Waals surface area contributed by atoms with Crippen LogP contribution in [-0.4, -0.2) is 70.6 Å². The maximum atomic E-state index is 6.68. The third kappa shape index (κ3) is 10.4. The Kier molecular flexibility index (Phi) is 16.0. The van der Waals surface area contributed by atoms with Crippen LogP contribution in [0.25, 0.3) is 0 Å². The number of hydrogen-bond donors (Lipinski definition) is 0. The average Bonchev–Trinajstić information content (AvgIpc) is 3.29. The monoisotopic (exact) mass is 848 g/mol. The molecule has 62 heavy (non-hydrogen) atoms. The molecular formula is C52H64O10. The lowest BCUT2D eigenvalue weighted by Crippen LogP contribution is -2.06. The molecule has 10 aliphatic rings. The molecule has 0 amide bonds. The van der Waals surface area contributed by atoms with Crippen LogP contribution in [0.1, 0.15) is 101 Å². The van der Waals surface area contributed by atoms with Gasteiger partial charge < -0.3 is 47.4 Å². The molecule has 0 atom stereocenters. The molecule has 0 saturated carbocycles. The fraction of sp³-hybridized carbons (Fsp3) is 0.423. The molecule has 0 radical (unpaired) electrons. The number of methoxy groups -OCH3 is 9. The van der Waals surface area contributed by atoms with Crippen LogP contribution in [0.4, 0.5) is 0 Å². The number of hydrogen-bond acceptors (Lipinski definition) is 10. The Hall–Kier alpha value is -5.90. The first-order valence-electron chi connectivity index (χ1n) is 21.5. The van der Waals surface area contributed by atoms with Crippen molar-refractivity contribution in [2.75, 3.05) is 70.6 Å². The fourth-order valence-corrected chi connectivity index (χ4v) is 8.54. The van der Waals surface area contributed by atoms with Crippen LogP contribution < -0.4 is 47.4 Å². The molecule has 0 N–H and O–H groups in total. The standard InChI is InChI=1S/C52H64O10/c1-11-12-13-14-15-16-17-62-52-32-41-21-39-29-47(57-6)37(27-48(39)58-7)19-35-25-43(53-2)33(23-44(35)54-3)18-34-24-46(56-5)36(26-45(34)55-4)20-38-28-50(60-9)40(30-49(38)59-8)22-42(52)31-51(41)61-10/h23-32H,11-22H2,1-10H3. The Bertz CT molecular complexity index is 2290.